The summed E-state index contributed by atoms with van der Waals surface area (Å²) in [5.41, 5.74) is 9.82. The van der Waals surface area contributed by atoms with Gasteiger partial charge >= 0.3 is 0 Å². The van der Waals surface area contributed by atoms with Crippen LogP contribution in [0.15, 0.2) is 18.2 Å². The first-order chi connectivity index (χ1) is 22.1. The lowest BCUT2D eigenvalue weighted by atomic mass is 9.38. The molecule has 4 N–H and O–H groups in total. The molecule has 0 amide bonds. The lowest BCUT2D eigenvalue weighted by molar-refractivity contribution is -0.361. The fourth-order valence-electron chi connectivity index (χ4n) is 14.0. The van der Waals surface area contributed by atoms with E-state index in [2.05, 4.69) is 38.7 Å². The average Bonchev–Trinajstić information content (AvgIpc) is 3.39. The summed E-state index contributed by atoms with van der Waals surface area (Å²) in [7, 11) is 0. The molecule has 2 heterocycles. The molecule has 1 aromatic carbocycles. The van der Waals surface area contributed by atoms with Crippen LogP contribution in [0.3, 0.4) is 0 Å². The molecule has 11 atom stereocenters. The summed E-state index contributed by atoms with van der Waals surface area (Å²) in [6.07, 6.45) is 20.6. The highest BCUT2D eigenvalue weighted by Gasteiger charge is 2.76. The number of fused-ring (bicyclic) bond motifs is 4. The van der Waals surface area contributed by atoms with Crippen molar-refractivity contribution in [3.8, 4) is 17.6 Å². The summed E-state index contributed by atoms with van der Waals surface area (Å²) in [6.45, 7) is 7.44. The molecule has 0 radical (unpaired) electrons. The van der Waals surface area contributed by atoms with E-state index in [1.54, 1.807) is 0 Å². The number of rotatable bonds is 4. The van der Waals surface area contributed by atoms with E-state index in [4.69, 9.17) is 10.5 Å². The molecule has 1 aromatic rings. The van der Waals surface area contributed by atoms with Crippen molar-refractivity contribution < 1.29 is 14.9 Å². The van der Waals surface area contributed by atoms with Crippen molar-refractivity contribution in [2.24, 2.45) is 64.4 Å². The van der Waals surface area contributed by atoms with Crippen LogP contribution in [0.25, 0.3) is 0 Å². The zero-order chi connectivity index (χ0) is 31.9. The molecule has 4 heteroatoms. The average molecular weight is 628 g/mol. The van der Waals surface area contributed by atoms with E-state index in [1.807, 2.05) is 12.1 Å². The number of aromatic hydroxyl groups is 1. The number of phenolic OH excluding ortho intramolecular Hbond substituents is 1. The molecule has 252 valence electrons. The van der Waals surface area contributed by atoms with Crippen molar-refractivity contribution in [2.75, 3.05) is 6.61 Å². The third-order valence-electron chi connectivity index (χ3n) is 15.4. The van der Waals surface area contributed by atoms with Gasteiger partial charge in [0, 0.05) is 30.4 Å². The molecule has 5 saturated carbocycles. The molecule has 11 unspecified atom stereocenters. The summed E-state index contributed by atoms with van der Waals surface area (Å²) < 4.78 is 8.04. The maximum absolute atomic E-state index is 11.0. The molecule has 6 bridgehead atoms. The normalized spacial score (nSPS) is 46.7. The highest BCUT2D eigenvalue weighted by molar-refractivity contribution is 5.40. The van der Waals surface area contributed by atoms with E-state index in [0.717, 1.165) is 31.1 Å². The number of aliphatic hydroxyl groups excluding tert-OH is 1. The zero-order valence-corrected chi connectivity index (χ0v) is 29.0. The third kappa shape index (κ3) is 4.87. The molecule has 9 rings (SSSR count). The Morgan fingerprint density at radius 3 is 2.59 bits per heavy atom. The van der Waals surface area contributed by atoms with Gasteiger partial charge in [0.05, 0.1) is 17.1 Å². The van der Waals surface area contributed by atoms with Crippen LogP contribution in [0.1, 0.15) is 128 Å². The quantitative estimate of drug-likeness (QED) is 0.294. The molecular formula is C42H61NO3. The van der Waals surface area contributed by atoms with E-state index in [9.17, 15) is 10.2 Å². The maximum Gasteiger partial charge on any atom is 0.115 e. The van der Waals surface area contributed by atoms with Crippen LogP contribution >= 0.6 is 0 Å². The monoisotopic (exact) mass is 627 g/mol. The topological polar surface area (TPSA) is 75.7 Å². The summed E-state index contributed by atoms with van der Waals surface area (Å²) in [6, 6.07) is 6.04. The first-order valence-electron chi connectivity index (χ1n) is 19.5. The molecule has 2 spiro atoms. The largest absolute Gasteiger partial charge is 0.508 e. The van der Waals surface area contributed by atoms with Crippen LogP contribution in [0, 0.1) is 70.5 Å². The van der Waals surface area contributed by atoms with Crippen LogP contribution in [0.2, 0.25) is 0 Å². The number of hydrogen-bond donors (Lipinski definition) is 3. The van der Waals surface area contributed by atoms with E-state index in [-0.39, 0.29) is 35.6 Å². The fraction of sp³-hybridized carbons (Fsp3) is 0.810. The minimum atomic E-state index is -0.543. The van der Waals surface area contributed by atoms with Crippen molar-refractivity contribution in [3.05, 3.63) is 29.3 Å². The van der Waals surface area contributed by atoms with Crippen LogP contribution in [0.4, 0.5) is 0 Å². The van der Waals surface area contributed by atoms with Crippen molar-refractivity contribution >= 4 is 0 Å². The van der Waals surface area contributed by atoms with E-state index >= 15 is 0 Å². The minimum Gasteiger partial charge on any atom is -0.508 e. The second-order valence-electron chi connectivity index (χ2n) is 18.5. The predicted octanol–water partition coefficient (Wildman–Crippen LogP) is 8.20. The molecule has 7 fully saturated rings. The van der Waals surface area contributed by atoms with Crippen molar-refractivity contribution in [1.82, 2.24) is 0 Å². The predicted molar refractivity (Wildman–Crippen MR) is 184 cm³/mol. The lowest BCUT2D eigenvalue weighted by Crippen LogP contribution is -2.84. The van der Waals surface area contributed by atoms with E-state index in [1.165, 1.54) is 94.6 Å². The summed E-state index contributed by atoms with van der Waals surface area (Å²) in [4.78, 5) is 0. The van der Waals surface area contributed by atoms with Gasteiger partial charge in [-0.1, -0.05) is 51.0 Å². The zero-order valence-electron chi connectivity index (χ0n) is 29.0. The Hall–Kier alpha value is -1.54. The Kier molecular flexibility index (Phi) is 7.94. The number of nitrogens with two attached hydrogens (primary N) is 1. The number of benzene rings is 1. The van der Waals surface area contributed by atoms with E-state index in [0.29, 0.717) is 41.3 Å². The molecule has 0 aromatic heterocycles. The highest BCUT2D eigenvalue weighted by atomic mass is 16.5. The molecule has 8 aliphatic rings. The molecule has 2 aliphatic heterocycles. The standard InChI is InChI=1S/C42H61NO3/c1-27(2)18-28-16-17-40(22-28)23-29-19-31-13-15-36(45)21-30(31)8-7-11-37-41(35(20-29)25-40)24-32-12-14-34(26-44)42(37,43)38(32)39(3,46-41)33-9-5-4-6-10-33/h13,15,21,27-29,32-35,37-38,44-45H,4-6,8-10,12,14,16-20,22-26,43H2,1-3H3. The molecule has 6 aliphatic carbocycles. The minimum absolute atomic E-state index is 0.0660. The van der Waals surface area contributed by atoms with Crippen LogP contribution in [-0.2, 0) is 17.6 Å². The van der Waals surface area contributed by atoms with Crippen LogP contribution in [-0.4, -0.2) is 33.6 Å². The van der Waals surface area contributed by atoms with Crippen molar-refractivity contribution in [1.29, 1.82) is 0 Å². The Labute approximate surface area is 279 Å². The maximum atomic E-state index is 11.0. The van der Waals surface area contributed by atoms with Crippen LogP contribution < -0.4 is 5.73 Å². The highest BCUT2D eigenvalue weighted by Crippen LogP contribution is 2.71. The van der Waals surface area contributed by atoms with Gasteiger partial charge in [-0.25, -0.2) is 0 Å². The Morgan fingerprint density at radius 1 is 0.978 bits per heavy atom. The van der Waals surface area contributed by atoms with Gasteiger partial charge < -0.3 is 20.7 Å². The fourth-order valence-corrected chi connectivity index (χ4v) is 14.0. The van der Waals surface area contributed by atoms with Gasteiger partial charge in [0.1, 0.15) is 5.75 Å². The number of ether oxygens (including phenoxy) is 1. The van der Waals surface area contributed by atoms with Gasteiger partial charge in [-0.15, -0.1) is 0 Å². The Bertz CT molecular complexity index is 1370. The smallest absolute Gasteiger partial charge is 0.115 e. The van der Waals surface area contributed by atoms with Gasteiger partial charge in [-0.05, 0) is 155 Å². The summed E-state index contributed by atoms with van der Waals surface area (Å²) >= 11 is 0. The Morgan fingerprint density at radius 2 is 1.80 bits per heavy atom. The van der Waals surface area contributed by atoms with Gasteiger partial charge in [0.25, 0.3) is 0 Å². The SMILES string of the molecule is CC(C)CC1CCC2(C1)CC1Cc3ccc(O)cc3CC#CC3C4(CC5CCC(CO)C3(N)C5C(C)(C3CCCCC3)O4)C(C1)C2. The van der Waals surface area contributed by atoms with Gasteiger partial charge in [-0.2, -0.15) is 0 Å². The molecular weight excluding hydrogens is 566 g/mol. The second-order valence-corrected chi connectivity index (χ2v) is 18.5. The molecule has 2 saturated heterocycles. The number of phenols is 1. The van der Waals surface area contributed by atoms with E-state index < -0.39 is 5.54 Å². The number of aliphatic hydroxyl groups is 1. The van der Waals surface area contributed by atoms with Crippen molar-refractivity contribution in [2.45, 2.75) is 147 Å². The Balaban J connectivity index is 1.29. The lowest BCUT2D eigenvalue weighted by Gasteiger charge is -2.75. The van der Waals surface area contributed by atoms with Gasteiger partial charge in [-0.3, -0.25) is 0 Å². The molecule has 46 heavy (non-hydrogen) atoms. The third-order valence-corrected chi connectivity index (χ3v) is 15.4. The van der Waals surface area contributed by atoms with Gasteiger partial charge in [0.2, 0.25) is 0 Å². The first-order valence-corrected chi connectivity index (χ1v) is 19.5. The molecule has 4 nitrogen and oxygen atoms in total. The summed E-state index contributed by atoms with van der Waals surface area (Å²) in [5, 5.41) is 21.6. The van der Waals surface area contributed by atoms with Crippen molar-refractivity contribution in [3.63, 3.8) is 0 Å². The van der Waals surface area contributed by atoms with Crippen LogP contribution in [0.5, 0.6) is 5.75 Å². The van der Waals surface area contributed by atoms with Gasteiger partial charge in [0.15, 0.2) is 0 Å². The summed E-state index contributed by atoms with van der Waals surface area (Å²) in [5.74, 6) is 11.9. The second kappa shape index (κ2) is 11.5. The first kappa shape index (κ1) is 31.7. The number of hydrogen-bond acceptors (Lipinski definition) is 4.